The van der Waals surface area contributed by atoms with Crippen molar-refractivity contribution in [3.05, 3.63) is 12.2 Å². The Bertz CT molecular complexity index is 427. The van der Waals surface area contributed by atoms with Crippen LogP contribution in [0.25, 0.3) is 0 Å². The Morgan fingerprint density at radius 1 is 0.649 bits per heavy atom. The Hall–Kier alpha value is 0.162. The number of carbonyl (C=O) groups excluding carboxylic acids is 2. The van der Waals surface area contributed by atoms with E-state index in [1.54, 1.807) is 0 Å². The topological polar surface area (TPSA) is 126 Å². The van der Waals surface area contributed by atoms with Gasteiger partial charge in [0, 0.05) is 45.5 Å². The summed E-state index contributed by atoms with van der Waals surface area (Å²) in [5, 5.41) is 25.4. The summed E-state index contributed by atoms with van der Waals surface area (Å²) in [4.78, 5) is 21.7. The third-order valence-electron chi connectivity index (χ3n) is 4.83. The number of ketones is 2. The summed E-state index contributed by atoms with van der Waals surface area (Å²) < 4.78 is 0. The second-order valence-corrected chi connectivity index (χ2v) is 10.5. The van der Waals surface area contributed by atoms with Crippen molar-refractivity contribution < 1.29 is 46.3 Å². The van der Waals surface area contributed by atoms with E-state index in [-0.39, 0.29) is 42.1 Å². The van der Waals surface area contributed by atoms with Crippen molar-refractivity contribution in [2.45, 2.75) is 137 Å². The Morgan fingerprint density at radius 3 is 1.46 bits per heavy atom. The fourth-order valence-corrected chi connectivity index (χ4v) is 2.81. The number of aliphatic hydroxyl groups excluding tert-OH is 3. The van der Waals surface area contributed by atoms with Gasteiger partial charge in [-0.25, -0.2) is 0 Å². The molecule has 0 heterocycles. The number of unbranched alkanes of at least 4 members (excludes halogenated alkanes) is 8. The van der Waals surface area contributed by atoms with Crippen molar-refractivity contribution >= 4 is 30.6 Å². The number of carbonyl (C=O) groups is 2. The van der Waals surface area contributed by atoms with E-state index < -0.39 is 0 Å². The number of allylic oxidation sites excluding steroid dienone is 2. The van der Waals surface area contributed by atoms with E-state index in [0.29, 0.717) is 31.0 Å². The van der Waals surface area contributed by atoms with Crippen molar-refractivity contribution in [1.82, 2.24) is 0 Å². The third-order valence-corrected chi connectivity index (χ3v) is 4.83. The first-order chi connectivity index (χ1) is 16.9. The van der Waals surface area contributed by atoms with Gasteiger partial charge >= 0.3 is 35.0 Å². The zero-order chi connectivity index (χ0) is 27.4. The van der Waals surface area contributed by atoms with Gasteiger partial charge in [0.15, 0.2) is 0 Å². The van der Waals surface area contributed by atoms with Crippen LogP contribution in [0.4, 0.5) is 0 Å². The van der Waals surface area contributed by atoms with E-state index in [4.69, 9.17) is 34.4 Å². The first-order valence-electron chi connectivity index (χ1n) is 13.3. The molecule has 0 aromatic heterocycles. The van der Waals surface area contributed by atoms with Gasteiger partial charge in [-0.2, -0.15) is 0 Å². The van der Waals surface area contributed by atoms with E-state index >= 15 is 0 Å². The van der Waals surface area contributed by atoms with Crippen molar-refractivity contribution in [2.75, 3.05) is 19.8 Å². The van der Waals surface area contributed by atoms with Crippen LogP contribution in [0, 0.1) is 0 Å². The summed E-state index contributed by atoms with van der Waals surface area (Å²) in [6.07, 6.45) is 20.6. The van der Waals surface area contributed by atoms with Gasteiger partial charge in [0.05, 0.1) is 0 Å². The molecular weight excluding hydrogens is 610 g/mol. The quantitative estimate of drug-likeness (QED) is 0.0703. The predicted molar refractivity (Wildman–Crippen MR) is 158 cm³/mol. The van der Waals surface area contributed by atoms with E-state index in [1.807, 2.05) is 13.8 Å². The van der Waals surface area contributed by atoms with Crippen LogP contribution in [0.2, 0.25) is 0 Å². The average molecular weight is 670 g/mol. The molecule has 6 nitrogen and oxygen atoms in total. The monoisotopic (exact) mass is 668 g/mol. The summed E-state index contributed by atoms with van der Waals surface area (Å²) in [6, 6.07) is 0. The van der Waals surface area contributed by atoms with Crippen molar-refractivity contribution in [3.8, 4) is 0 Å². The molecule has 0 aromatic carbocycles. The molecule has 0 aliphatic carbocycles. The Morgan fingerprint density at radius 2 is 1.05 bits per heavy atom. The normalized spacial score (nSPS) is 9.51. The van der Waals surface area contributed by atoms with Crippen LogP contribution in [-0.2, 0) is 25.5 Å². The molecule has 37 heavy (non-hydrogen) atoms. The number of hydrogen-bond donors (Lipinski definition) is 3. The number of Topliss-reactive ketones (excluding diaryl/α,β-unsaturated/α-hetero) is 2. The summed E-state index contributed by atoms with van der Waals surface area (Å²) in [5.74, 6) is 0.722. The molecule has 0 fully saturated rings. The van der Waals surface area contributed by atoms with Crippen molar-refractivity contribution in [2.24, 2.45) is 0 Å². The summed E-state index contributed by atoms with van der Waals surface area (Å²) in [5.41, 5.74) is 0. The van der Waals surface area contributed by atoms with Gasteiger partial charge in [0.2, 0.25) is 0 Å². The molecule has 5 N–H and O–H groups in total. The van der Waals surface area contributed by atoms with Gasteiger partial charge in [0.1, 0.15) is 11.6 Å². The molecule has 0 aromatic rings. The van der Waals surface area contributed by atoms with Crippen LogP contribution in [0.15, 0.2) is 12.2 Å². The number of rotatable bonds is 20. The van der Waals surface area contributed by atoms with Gasteiger partial charge in [-0.15, -0.1) is 0 Å². The van der Waals surface area contributed by atoms with Crippen LogP contribution in [0.1, 0.15) is 137 Å². The molecular formula is C28H60Cl2O6Pd. The van der Waals surface area contributed by atoms with Gasteiger partial charge in [-0.3, -0.25) is 9.59 Å². The van der Waals surface area contributed by atoms with E-state index in [0.717, 1.165) is 83.5 Å². The minimum atomic E-state index is -0.106. The molecule has 0 spiro atoms. The van der Waals surface area contributed by atoms with E-state index in [2.05, 4.69) is 19.1 Å². The molecule has 0 bridgehead atoms. The molecule has 0 atom stereocenters. The van der Waals surface area contributed by atoms with Gasteiger partial charge < -0.3 is 20.8 Å². The van der Waals surface area contributed by atoms with E-state index in [9.17, 15) is 9.59 Å². The molecule has 0 unspecified atom stereocenters. The number of aliphatic hydroxyl groups is 3. The maximum absolute atomic E-state index is 10.9. The van der Waals surface area contributed by atoms with Crippen molar-refractivity contribution in [3.63, 3.8) is 0 Å². The third kappa shape index (κ3) is 66.7. The van der Waals surface area contributed by atoms with Crippen LogP contribution in [0.5, 0.6) is 0 Å². The zero-order valence-corrected chi connectivity index (χ0v) is 26.1. The van der Waals surface area contributed by atoms with Crippen LogP contribution >= 0.6 is 19.1 Å². The second-order valence-electron chi connectivity index (χ2n) is 8.10. The number of hydrogen-bond acceptors (Lipinski definition) is 5. The molecule has 0 saturated carbocycles. The maximum atomic E-state index is 10.9. The van der Waals surface area contributed by atoms with E-state index in [1.165, 1.54) is 12.8 Å². The molecule has 0 aliphatic heterocycles. The first-order valence-corrected chi connectivity index (χ1v) is 17.3. The number of halogens is 2. The fourth-order valence-electron chi connectivity index (χ4n) is 2.81. The molecule has 0 saturated heterocycles. The molecule has 0 radical (unpaired) electrons. The van der Waals surface area contributed by atoms with Gasteiger partial charge in [-0.05, 0) is 57.8 Å². The van der Waals surface area contributed by atoms with Crippen LogP contribution in [0.3, 0.4) is 0 Å². The van der Waals surface area contributed by atoms with Crippen LogP contribution < -0.4 is 0 Å². The fraction of sp³-hybridized carbons (Fsp3) is 0.857. The predicted octanol–water partition coefficient (Wildman–Crippen LogP) is 7.51. The first kappa shape index (κ1) is 50.0. The van der Waals surface area contributed by atoms with Gasteiger partial charge in [-0.1, -0.05) is 66.0 Å². The Balaban J connectivity index is -0.0000000900. The molecule has 0 rings (SSSR count). The SMILES string of the molecule is C.CC/C=C\CCCCCO.CCC(=O)CCCCCCO.CCCC(=O)CCCCCO.O.[Cl][Pd][Cl]. The Kier molecular flexibility index (Phi) is 71.1. The second kappa shape index (κ2) is 52.6. The molecule has 0 aliphatic rings. The zero-order valence-electron chi connectivity index (χ0n) is 23.0. The average Bonchev–Trinajstić information content (AvgIpc) is 2.85. The minimum absolute atomic E-state index is 0. The van der Waals surface area contributed by atoms with Crippen LogP contribution in [-0.4, -0.2) is 52.2 Å². The standard InChI is InChI=1S/2C9H18O2.C9H18O.CH4.2ClH.H2O.Pd/c1-2-9(11)7-5-3-4-6-8-10;1-2-6-9(11)7-4-3-5-8-10;1-2-3-4-5-6-7-8-9-10;;;;;/h2*10H,2-8H2,1H3;3-4,10H,2,5-9H2,1H3;1H4;2*1H;1H2;/q;;;;;;;+2/p-2/b;;4-3-;;;;;. The van der Waals surface area contributed by atoms with Crippen molar-refractivity contribution in [1.29, 1.82) is 0 Å². The molecule has 232 valence electrons. The summed E-state index contributed by atoms with van der Waals surface area (Å²) in [7, 11) is 9.63. The summed E-state index contributed by atoms with van der Waals surface area (Å²) >= 11 is -0.106. The Labute approximate surface area is 245 Å². The molecule has 0 amide bonds. The molecule has 9 heteroatoms. The van der Waals surface area contributed by atoms with Gasteiger partial charge in [0.25, 0.3) is 0 Å². The summed E-state index contributed by atoms with van der Waals surface area (Å²) in [6.45, 7) is 6.94.